The number of aromatic amines is 1. The lowest BCUT2D eigenvalue weighted by molar-refractivity contribution is 0.857. The van der Waals surface area contributed by atoms with Crippen LogP contribution in [-0.2, 0) is 7.05 Å². The first kappa shape index (κ1) is 10.6. The van der Waals surface area contributed by atoms with Crippen molar-refractivity contribution >= 4 is 17.1 Å². The Bertz CT molecular complexity index is 542. The van der Waals surface area contributed by atoms with Crippen LogP contribution in [0, 0.1) is 0 Å². The number of rotatable bonds is 4. The molecule has 7 heteroatoms. The summed E-state index contributed by atoms with van der Waals surface area (Å²) in [7, 11) is 1.66. The van der Waals surface area contributed by atoms with Gasteiger partial charge in [0.25, 0.3) is 0 Å². The Morgan fingerprint density at radius 1 is 1.62 bits per heavy atom. The van der Waals surface area contributed by atoms with Crippen molar-refractivity contribution in [2.75, 3.05) is 18.4 Å². The minimum Gasteiger partial charge on any atom is -0.354 e. The van der Waals surface area contributed by atoms with Crippen LogP contribution in [0.25, 0.3) is 11.2 Å². The highest BCUT2D eigenvalue weighted by Crippen LogP contribution is 2.07. The lowest BCUT2D eigenvalue weighted by Gasteiger charge is -2.02. The highest BCUT2D eigenvalue weighted by Gasteiger charge is 2.05. The fourth-order valence-electron chi connectivity index (χ4n) is 1.40. The van der Waals surface area contributed by atoms with Crippen LogP contribution in [-0.4, -0.2) is 32.6 Å². The molecule has 0 bridgehead atoms. The summed E-state index contributed by atoms with van der Waals surface area (Å²) in [6.45, 7) is 1.35. The van der Waals surface area contributed by atoms with E-state index in [1.807, 2.05) is 0 Å². The van der Waals surface area contributed by atoms with Gasteiger partial charge in [0.1, 0.15) is 5.52 Å². The van der Waals surface area contributed by atoms with E-state index >= 15 is 0 Å². The van der Waals surface area contributed by atoms with E-state index in [-0.39, 0.29) is 5.69 Å². The number of nitrogens with two attached hydrogens (primary N) is 1. The van der Waals surface area contributed by atoms with Crippen LogP contribution in [0.3, 0.4) is 0 Å². The van der Waals surface area contributed by atoms with Gasteiger partial charge in [-0.2, -0.15) is 4.98 Å². The molecule has 4 N–H and O–H groups in total. The van der Waals surface area contributed by atoms with E-state index in [0.29, 0.717) is 23.7 Å². The molecule has 2 heterocycles. The largest absolute Gasteiger partial charge is 0.354 e. The van der Waals surface area contributed by atoms with Crippen LogP contribution in [0.2, 0.25) is 0 Å². The van der Waals surface area contributed by atoms with Gasteiger partial charge in [0.05, 0.1) is 6.20 Å². The zero-order valence-electron chi connectivity index (χ0n) is 9.03. The second-order valence-corrected chi connectivity index (χ2v) is 3.49. The zero-order valence-corrected chi connectivity index (χ0v) is 9.03. The number of hydrogen-bond acceptors (Lipinski definition) is 5. The molecule has 0 fully saturated rings. The first-order valence-electron chi connectivity index (χ1n) is 5.08. The van der Waals surface area contributed by atoms with Gasteiger partial charge in [0, 0.05) is 13.6 Å². The van der Waals surface area contributed by atoms with Crippen molar-refractivity contribution in [3.05, 3.63) is 16.7 Å². The van der Waals surface area contributed by atoms with Crippen LogP contribution in [0.5, 0.6) is 0 Å². The average Bonchev–Trinajstić information content (AvgIpc) is 2.56. The van der Waals surface area contributed by atoms with Crippen molar-refractivity contribution in [2.45, 2.75) is 6.42 Å². The zero-order chi connectivity index (χ0) is 11.5. The quantitative estimate of drug-likeness (QED) is 0.600. The lowest BCUT2D eigenvalue weighted by Crippen LogP contribution is -2.13. The van der Waals surface area contributed by atoms with Gasteiger partial charge in [-0.25, -0.2) is 9.78 Å². The first-order chi connectivity index (χ1) is 7.72. The maximum atomic E-state index is 11.3. The monoisotopic (exact) mass is 222 g/mol. The molecule has 0 aliphatic heterocycles. The van der Waals surface area contributed by atoms with Crippen molar-refractivity contribution < 1.29 is 0 Å². The van der Waals surface area contributed by atoms with E-state index in [0.717, 1.165) is 13.0 Å². The molecule has 0 unspecified atom stereocenters. The summed E-state index contributed by atoms with van der Waals surface area (Å²) in [6, 6.07) is 0. The molecule has 0 aliphatic rings. The maximum Gasteiger partial charge on any atom is 0.327 e. The Morgan fingerprint density at radius 3 is 3.19 bits per heavy atom. The number of fused-ring (bicyclic) bond motifs is 1. The molecule has 2 rings (SSSR count). The molecule has 86 valence electrons. The van der Waals surface area contributed by atoms with Crippen LogP contribution >= 0.6 is 0 Å². The number of anilines is 1. The molecule has 0 radical (unpaired) electrons. The summed E-state index contributed by atoms with van der Waals surface area (Å²) in [6.07, 6.45) is 2.45. The summed E-state index contributed by atoms with van der Waals surface area (Å²) in [5.41, 5.74) is 6.42. The number of nitrogens with zero attached hydrogens (tertiary/aromatic N) is 3. The number of aromatic nitrogens is 4. The summed E-state index contributed by atoms with van der Waals surface area (Å²) in [5.74, 6) is 0.510. The summed E-state index contributed by atoms with van der Waals surface area (Å²) < 4.78 is 1.45. The van der Waals surface area contributed by atoms with Gasteiger partial charge in [-0.05, 0) is 13.0 Å². The Labute approximate surface area is 91.7 Å². The molecule has 0 amide bonds. The van der Waals surface area contributed by atoms with Gasteiger partial charge in [-0.1, -0.05) is 0 Å². The Morgan fingerprint density at radius 2 is 2.44 bits per heavy atom. The van der Waals surface area contributed by atoms with E-state index in [1.165, 1.54) is 4.57 Å². The molecular weight excluding hydrogens is 208 g/mol. The van der Waals surface area contributed by atoms with Crippen LogP contribution in [0.1, 0.15) is 6.42 Å². The normalized spacial score (nSPS) is 10.9. The Balaban J connectivity index is 2.28. The summed E-state index contributed by atoms with van der Waals surface area (Å²) >= 11 is 0. The first-order valence-corrected chi connectivity index (χ1v) is 5.08. The fraction of sp³-hybridized carbons (Fsp3) is 0.444. The van der Waals surface area contributed by atoms with Crippen LogP contribution < -0.4 is 16.7 Å². The van der Waals surface area contributed by atoms with Crippen molar-refractivity contribution in [1.82, 2.24) is 19.5 Å². The predicted molar refractivity (Wildman–Crippen MR) is 61.3 cm³/mol. The van der Waals surface area contributed by atoms with Gasteiger partial charge >= 0.3 is 5.69 Å². The van der Waals surface area contributed by atoms with Gasteiger partial charge in [0.2, 0.25) is 5.95 Å². The molecule has 7 nitrogen and oxygen atoms in total. The van der Waals surface area contributed by atoms with E-state index in [2.05, 4.69) is 20.3 Å². The third-order valence-corrected chi connectivity index (χ3v) is 2.30. The molecular formula is C9H14N6O. The van der Waals surface area contributed by atoms with E-state index < -0.39 is 0 Å². The predicted octanol–water partition coefficient (Wildman–Crippen LogP) is -0.583. The Kier molecular flexibility index (Phi) is 2.86. The van der Waals surface area contributed by atoms with Crippen molar-refractivity contribution in [3.63, 3.8) is 0 Å². The highest BCUT2D eigenvalue weighted by atomic mass is 16.1. The number of aryl methyl sites for hydroxylation is 1. The Hall–Kier alpha value is -1.89. The average molecular weight is 222 g/mol. The summed E-state index contributed by atoms with van der Waals surface area (Å²) in [5, 5.41) is 3.04. The second-order valence-electron chi connectivity index (χ2n) is 3.49. The second kappa shape index (κ2) is 4.31. The van der Waals surface area contributed by atoms with Crippen LogP contribution in [0.15, 0.2) is 11.0 Å². The van der Waals surface area contributed by atoms with Crippen molar-refractivity contribution in [1.29, 1.82) is 0 Å². The van der Waals surface area contributed by atoms with E-state index in [9.17, 15) is 4.79 Å². The molecule has 0 atom stereocenters. The van der Waals surface area contributed by atoms with Crippen LogP contribution in [0.4, 0.5) is 5.95 Å². The van der Waals surface area contributed by atoms with Crippen molar-refractivity contribution in [2.24, 2.45) is 12.8 Å². The van der Waals surface area contributed by atoms with E-state index in [1.54, 1.807) is 13.2 Å². The molecule has 0 aromatic carbocycles. The fourth-order valence-corrected chi connectivity index (χ4v) is 1.40. The summed E-state index contributed by atoms with van der Waals surface area (Å²) in [4.78, 5) is 22.3. The van der Waals surface area contributed by atoms with Gasteiger partial charge in [-0.15, -0.1) is 0 Å². The third-order valence-electron chi connectivity index (χ3n) is 2.30. The molecule has 0 spiro atoms. The highest BCUT2D eigenvalue weighted by molar-refractivity contribution is 5.70. The minimum absolute atomic E-state index is 0.191. The van der Waals surface area contributed by atoms with Crippen molar-refractivity contribution in [3.8, 4) is 0 Å². The number of nitrogens with one attached hydrogen (secondary N) is 2. The molecule has 0 saturated heterocycles. The standard InChI is InChI=1S/C9H14N6O/c1-15-7-6(13-9(15)16)5-12-8(14-7)11-4-2-3-10/h5H,2-4,10H2,1H3,(H,13,16)(H,11,12,14). The third kappa shape index (κ3) is 1.89. The molecule has 2 aromatic heterocycles. The topological polar surface area (TPSA) is 102 Å². The molecule has 16 heavy (non-hydrogen) atoms. The maximum absolute atomic E-state index is 11.3. The molecule has 2 aromatic rings. The number of imidazole rings is 1. The van der Waals surface area contributed by atoms with E-state index in [4.69, 9.17) is 5.73 Å². The molecule has 0 aliphatic carbocycles. The number of H-pyrrole nitrogens is 1. The SMILES string of the molecule is Cn1c(=O)[nH]c2cnc(NCCCN)nc21. The molecule has 0 saturated carbocycles. The number of hydrogen-bond donors (Lipinski definition) is 3. The smallest absolute Gasteiger partial charge is 0.327 e. The minimum atomic E-state index is -0.191. The van der Waals surface area contributed by atoms with Gasteiger partial charge in [0.15, 0.2) is 5.65 Å². The van der Waals surface area contributed by atoms with Gasteiger partial charge in [-0.3, -0.25) is 4.57 Å². The van der Waals surface area contributed by atoms with Gasteiger partial charge < -0.3 is 16.0 Å². The lowest BCUT2D eigenvalue weighted by atomic mass is 10.4.